The van der Waals surface area contributed by atoms with E-state index in [4.69, 9.17) is 4.74 Å². The van der Waals surface area contributed by atoms with Gasteiger partial charge in [0.25, 0.3) is 0 Å². The Morgan fingerprint density at radius 1 is 1.50 bits per heavy atom. The molecule has 3 atom stereocenters. The summed E-state index contributed by atoms with van der Waals surface area (Å²) in [5, 5.41) is 3.38. The van der Waals surface area contributed by atoms with E-state index in [-0.39, 0.29) is 0 Å². The van der Waals surface area contributed by atoms with E-state index < -0.39 is 0 Å². The summed E-state index contributed by atoms with van der Waals surface area (Å²) < 4.78 is 6.14. The fourth-order valence-electron chi connectivity index (χ4n) is 3.64. The Morgan fingerprint density at radius 3 is 3.00 bits per heavy atom. The lowest BCUT2D eigenvalue weighted by atomic mass is 9.84. The van der Waals surface area contributed by atoms with Gasteiger partial charge in [0, 0.05) is 37.0 Å². The van der Waals surface area contributed by atoms with Gasteiger partial charge in [0.2, 0.25) is 0 Å². The number of likely N-dealkylation sites (N-methyl/N-ethyl adjacent to an activating group) is 1. The van der Waals surface area contributed by atoms with Crippen LogP contribution in [0.4, 0.5) is 0 Å². The third-order valence-electron chi connectivity index (χ3n) is 5.29. The molecule has 0 aromatic carbocycles. The molecule has 0 bridgehead atoms. The van der Waals surface area contributed by atoms with Gasteiger partial charge < -0.3 is 9.64 Å². The van der Waals surface area contributed by atoms with Crippen molar-refractivity contribution >= 4 is 11.3 Å². The maximum atomic E-state index is 6.14. The second kappa shape index (κ2) is 6.95. The third-order valence-corrected chi connectivity index (χ3v) is 6.12. The van der Waals surface area contributed by atoms with Crippen LogP contribution in [0, 0.1) is 18.8 Å². The number of thiazole rings is 1. The molecular formula is C17H29N3OS. The number of hydrogen-bond acceptors (Lipinski definition) is 5. The summed E-state index contributed by atoms with van der Waals surface area (Å²) in [5.74, 6) is 1.45. The van der Waals surface area contributed by atoms with E-state index in [0.29, 0.717) is 18.1 Å². The van der Waals surface area contributed by atoms with Crippen LogP contribution in [0.25, 0.3) is 0 Å². The van der Waals surface area contributed by atoms with Crippen LogP contribution < -0.4 is 0 Å². The molecule has 2 aliphatic rings. The first-order chi connectivity index (χ1) is 10.5. The van der Waals surface area contributed by atoms with Crippen molar-refractivity contribution in [2.24, 2.45) is 11.8 Å². The summed E-state index contributed by atoms with van der Waals surface area (Å²) in [6.45, 7) is 12.0. The van der Waals surface area contributed by atoms with Gasteiger partial charge in [0.05, 0.1) is 23.4 Å². The number of aromatic nitrogens is 1. The number of hydrogen-bond donors (Lipinski definition) is 0. The third kappa shape index (κ3) is 3.70. The van der Waals surface area contributed by atoms with Crippen molar-refractivity contribution in [1.82, 2.24) is 14.8 Å². The van der Waals surface area contributed by atoms with Crippen LogP contribution in [-0.4, -0.2) is 60.2 Å². The number of ether oxygens (including phenoxy) is 1. The molecule has 3 heterocycles. The number of likely N-dealkylation sites (tertiary alicyclic amines) is 1. The van der Waals surface area contributed by atoms with Gasteiger partial charge >= 0.3 is 0 Å². The highest BCUT2D eigenvalue weighted by Crippen LogP contribution is 2.35. The maximum absolute atomic E-state index is 6.14. The van der Waals surface area contributed by atoms with Crippen LogP contribution in [0.2, 0.25) is 0 Å². The minimum absolute atomic E-state index is 0.400. The average molecular weight is 324 g/mol. The van der Waals surface area contributed by atoms with Crippen LogP contribution in [-0.2, 0) is 11.3 Å². The van der Waals surface area contributed by atoms with E-state index in [2.05, 4.69) is 48.0 Å². The second-order valence-electron chi connectivity index (χ2n) is 7.21. The lowest BCUT2D eigenvalue weighted by Gasteiger charge is -2.37. The first-order valence-corrected chi connectivity index (χ1v) is 9.36. The van der Waals surface area contributed by atoms with E-state index >= 15 is 0 Å². The minimum atomic E-state index is 0.400. The molecule has 3 rings (SSSR count). The zero-order valence-corrected chi connectivity index (χ0v) is 15.1. The number of nitrogens with zero attached hydrogens (tertiary/aromatic N) is 3. The Balaban J connectivity index is 1.58. The Labute approximate surface area is 138 Å². The Bertz CT molecular complexity index is 490. The standard InChI is InChI=1S/C17H29N3OS/c1-12(2)19(4)9-17-16-8-20(6-5-14(16)10-21-17)7-15-11-22-13(3)18-15/h11-12,14,16-17H,5-10H2,1-4H3/t14-,16-,17+/m0/s1. The molecule has 0 unspecified atom stereocenters. The molecule has 0 aliphatic carbocycles. The lowest BCUT2D eigenvalue weighted by molar-refractivity contribution is 0.0420. The topological polar surface area (TPSA) is 28.6 Å². The summed E-state index contributed by atoms with van der Waals surface area (Å²) in [6.07, 6.45) is 1.67. The second-order valence-corrected chi connectivity index (χ2v) is 8.27. The SMILES string of the molecule is Cc1nc(CN2CC[C@H]3CO[C@H](CN(C)C(C)C)[C@H]3C2)cs1. The van der Waals surface area contributed by atoms with Gasteiger partial charge in [-0.05, 0) is 46.7 Å². The fraction of sp³-hybridized carbons (Fsp3) is 0.824. The van der Waals surface area contributed by atoms with Gasteiger partial charge in [-0.1, -0.05) is 0 Å². The molecule has 5 heteroatoms. The van der Waals surface area contributed by atoms with Gasteiger partial charge in [-0.2, -0.15) is 0 Å². The number of fused-ring (bicyclic) bond motifs is 1. The highest BCUT2D eigenvalue weighted by molar-refractivity contribution is 7.09. The van der Waals surface area contributed by atoms with Crippen molar-refractivity contribution in [3.63, 3.8) is 0 Å². The van der Waals surface area contributed by atoms with Crippen molar-refractivity contribution in [2.75, 3.05) is 33.3 Å². The van der Waals surface area contributed by atoms with Crippen LogP contribution in [0.3, 0.4) is 0 Å². The summed E-state index contributed by atoms with van der Waals surface area (Å²) in [5.41, 5.74) is 1.23. The van der Waals surface area contributed by atoms with Gasteiger partial charge in [-0.3, -0.25) is 4.90 Å². The molecular weight excluding hydrogens is 294 g/mol. The largest absolute Gasteiger partial charge is 0.376 e. The summed E-state index contributed by atoms with van der Waals surface area (Å²) >= 11 is 1.76. The zero-order valence-electron chi connectivity index (χ0n) is 14.3. The van der Waals surface area contributed by atoms with Crippen LogP contribution >= 0.6 is 11.3 Å². The molecule has 1 aromatic rings. The number of rotatable bonds is 5. The molecule has 0 radical (unpaired) electrons. The van der Waals surface area contributed by atoms with Crippen molar-refractivity contribution in [3.8, 4) is 0 Å². The molecule has 124 valence electrons. The predicted molar refractivity (Wildman–Crippen MR) is 91.2 cm³/mol. The smallest absolute Gasteiger partial charge is 0.0897 e. The quantitative estimate of drug-likeness (QED) is 0.833. The van der Waals surface area contributed by atoms with Crippen molar-refractivity contribution in [2.45, 2.75) is 45.9 Å². The van der Waals surface area contributed by atoms with E-state index in [1.807, 2.05) is 0 Å². The van der Waals surface area contributed by atoms with Crippen LogP contribution in [0.15, 0.2) is 5.38 Å². The van der Waals surface area contributed by atoms with Gasteiger partial charge in [0.1, 0.15) is 0 Å². The minimum Gasteiger partial charge on any atom is -0.376 e. The molecule has 4 nitrogen and oxygen atoms in total. The monoisotopic (exact) mass is 323 g/mol. The predicted octanol–water partition coefficient (Wildman–Crippen LogP) is 2.63. The first-order valence-electron chi connectivity index (χ1n) is 8.48. The van der Waals surface area contributed by atoms with Gasteiger partial charge in [-0.15, -0.1) is 11.3 Å². The number of aryl methyl sites for hydroxylation is 1. The summed E-state index contributed by atoms with van der Waals surface area (Å²) in [7, 11) is 2.21. The lowest BCUT2D eigenvalue weighted by Crippen LogP contribution is -2.45. The molecule has 0 spiro atoms. The molecule has 2 saturated heterocycles. The fourth-order valence-corrected chi connectivity index (χ4v) is 4.24. The molecule has 22 heavy (non-hydrogen) atoms. The summed E-state index contributed by atoms with van der Waals surface area (Å²) in [4.78, 5) is 9.61. The van der Waals surface area contributed by atoms with E-state index in [1.165, 1.54) is 23.7 Å². The van der Waals surface area contributed by atoms with Crippen LogP contribution in [0.1, 0.15) is 31.0 Å². The Kier molecular flexibility index (Phi) is 5.17. The zero-order chi connectivity index (χ0) is 15.7. The number of piperidine rings is 1. The highest BCUT2D eigenvalue weighted by Gasteiger charge is 2.41. The molecule has 0 amide bonds. The highest BCUT2D eigenvalue weighted by atomic mass is 32.1. The molecule has 1 aromatic heterocycles. The van der Waals surface area contributed by atoms with Crippen molar-refractivity contribution in [3.05, 3.63) is 16.1 Å². The normalized spacial score (nSPS) is 29.5. The Hall–Kier alpha value is -0.490. The van der Waals surface area contributed by atoms with E-state index in [9.17, 15) is 0 Å². The summed E-state index contributed by atoms with van der Waals surface area (Å²) in [6, 6.07) is 0.584. The van der Waals surface area contributed by atoms with Crippen molar-refractivity contribution in [1.29, 1.82) is 0 Å². The van der Waals surface area contributed by atoms with Gasteiger partial charge in [0.15, 0.2) is 0 Å². The van der Waals surface area contributed by atoms with Gasteiger partial charge in [-0.25, -0.2) is 4.98 Å². The van der Waals surface area contributed by atoms with Crippen molar-refractivity contribution < 1.29 is 4.74 Å². The van der Waals surface area contributed by atoms with E-state index in [1.54, 1.807) is 11.3 Å². The average Bonchev–Trinajstić information content (AvgIpc) is 3.06. The first kappa shape index (κ1) is 16.4. The van der Waals surface area contributed by atoms with E-state index in [0.717, 1.165) is 32.2 Å². The molecule has 2 aliphatic heterocycles. The molecule has 0 N–H and O–H groups in total. The molecule has 2 fully saturated rings. The van der Waals surface area contributed by atoms with Crippen LogP contribution in [0.5, 0.6) is 0 Å². The Morgan fingerprint density at radius 2 is 2.32 bits per heavy atom. The maximum Gasteiger partial charge on any atom is 0.0897 e. The molecule has 0 saturated carbocycles.